The van der Waals surface area contributed by atoms with E-state index in [0.717, 1.165) is 0 Å². The summed E-state index contributed by atoms with van der Waals surface area (Å²) in [5, 5.41) is 8.95. The smallest absolute Gasteiger partial charge is 0.634 e. The van der Waals surface area contributed by atoms with Gasteiger partial charge in [-0.05, 0) is 6.92 Å². The van der Waals surface area contributed by atoms with Gasteiger partial charge in [0.15, 0.2) is 0 Å². The molecule has 0 amide bonds. The zero-order valence-corrected chi connectivity index (χ0v) is 13.2. The van der Waals surface area contributed by atoms with Crippen molar-refractivity contribution in [1.29, 1.82) is 0 Å². The van der Waals surface area contributed by atoms with Crippen molar-refractivity contribution in [2.45, 2.75) is 25.3 Å². The van der Waals surface area contributed by atoms with Crippen LogP contribution in [0, 0.1) is 44.8 Å². The van der Waals surface area contributed by atoms with Gasteiger partial charge in [0.1, 0.15) is 0 Å². The summed E-state index contributed by atoms with van der Waals surface area (Å²) < 4.78 is 44.5. The molecule has 0 saturated heterocycles. The normalized spacial score (nSPS) is 14.5. The molecule has 4 nitrogen and oxygen atoms in total. The molecule has 1 atom stereocenters. The zero-order valence-electron chi connectivity index (χ0n) is 9.00. The molecular weight excluding hydrogens is 467 g/mol. The quantitative estimate of drug-likeness (QED) is 0.283. The van der Waals surface area contributed by atoms with E-state index in [1.54, 1.807) is 0 Å². The van der Waals surface area contributed by atoms with Gasteiger partial charge >= 0.3 is 43.3 Å². The second-order valence-corrected chi connectivity index (χ2v) is 2.98. The second-order valence-electron chi connectivity index (χ2n) is 2.98. The Morgan fingerprint density at radius 1 is 1.53 bits per heavy atom. The third-order valence-corrected chi connectivity index (χ3v) is 1.58. The topological polar surface area (TPSA) is 55.8 Å². The van der Waals surface area contributed by atoms with Crippen LogP contribution in [0.15, 0.2) is 12.2 Å². The number of esters is 1. The number of carbonyl (C=O) groups excluding carboxylic acids is 1. The molecule has 0 aromatic heterocycles. The molecule has 0 aliphatic rings. The summed E-state index contributed by atoms with van der Waals surface area (Å²) in [7, 11) is 2.51. The molecule has 0 aromatic rings. The monoisotopic (exact) mass is 478 g/mol. The van der Waals surface area contributed by atoms with Gasteiger partial charge in [-0.2, -0.15) is 19.8 Å². The number of rotatable bonds is 5. The first-order chi connectivity index (χ1) is 7.14. The average molecular weight is 478 g/mol. The van der Waals surface area contributed by atoms with E-state index in [0.29, 0.717) is 6.61 Å². The minimum absolute atomic E-state index is 0. The number of aliphatic hydroxyl groups is 1. The van der Waals surface area contributed by atoms with Crippen molar-refractivity contribution in [3.63, 3.8) is 0 Å². The van der Waals surface area contributed by atoms with Gasteiger partial charge in [-0.3, -0.25) is 0 Å². The van der Waals surface area contributed by atoms with Crippen LogP contribution in [-0.2, 0) is 14.3 Å². The first-order valence-corrected chi connectivity index (χ1v) is 4.04. The van der Waals surface area contributed by atoms with Crippen molar-refractivity contribution in [2.75, 3.05) is 0 Å². The molecule has 96 valence electrons. The number of halogens is 3. The van der Waals surface area contributed by atoms with Crippen molar-refractivity contribution >= 4 is 5.97 Å². The number of carbonyl (C=O) groups is 1. The third-order valence-electron chi connectivity index (χ3n) is 1.58. The molecular formula is C9H11F3O4U. The van der Waals surface area contributed by atoms with E-state index < -0.39 is 24.4 Å². The SMILES string of the molecule is C=C(C)C(=O)O[CH-]CC(O)(O[CH2-])C(F)(F)F.[U+2]. The minimum atomic E-state index is -5.04. The Morgan fingerprint density at radius 3 is 2.29 bits per heavy atom. The molecule has 1 N–H and O–H groups in total. The van der Waals surface area contributed by atoms with Crippen molar-refractivity contribution in [3.8, 4) is 0 Å². The summed E-state index contributed by atoms with van der Waals surface area (Å²) in [5.41, 5.74) is 0.0161. The summed E-state index contributed by atoms with van der Waals surface area (Å²) in [6, 6.07) is 0. The summed E-state index contributed by atoms with van der Waals surface area (Å²) in [4.78, 5) is 10.8. The van der Waals surface area contributed by atoms with Crippen molar-refractivity contribution in [2.24, 2.45) is 0 Å². The van der Waals surface area contributed by atoms with Crippen molar-refractivity contribution in [3.05, 3.63) is 25.9 Å². The van der Waals surface area contributed by atoms with E-state index in [4.69, 9.17) is 5.11 Å². The van der Waals surface area contributed by atoms with Gasteiger partial charge in [-0.15, -0.1) is 0 Å². The van der Waals surface area contributed by atoms with E-state index in [1.807, 2.05) is 0 Å². The molecule has 0 aromatic carbocycles. The number of ether oxygens (including phenoxy) is 2. The van der Waals surface area contributed by atoms with Gasteiger partial charge in [0.25, 0.3) is 0 Å². The molecule has 0 rings (SSSR count). The number of hydrogen-bond donors (Lipinski definition) is 1. The summed E-state index contributed by atoms with van der Waals surface area (Å²) in [6.45, 7) is 5.02. The van der Waals surface area contributed by atoms with Crippen LogP contribution in [0.2, 0.25) is 0 Å². The fourth-order valence-corrected chi connectivity index (χ4v) is 0.587. The minimum Gasteiger partial charge on any atom is -0.634 e. The molecule has 0 aliphatic carbocycles. The van der Waals surface area contributed by atoms with E-state index >= 15 is 0 Å². The summed E-state index contributed by atoms with van der Waals surface area (Å²) >= 11 is 0. The van der Waals surface area contributed by atoms with Crippen LogP contribution in [-0.4, -0.2) is 23.0 Å². The molecule has 0 spiro atoms. The Kier molecular flexibility index (Phi) is 8.43. The maximum Gasteiger partial charge on any atom is 2.00 e. The molecule has 0 radical (unpaired) electrons. The molecule has 0 heterocycles. The summed E-state index contributed by atoms with van der Waals surface area (Å²) in [5.74, 6) is -4.36. The van der Waals surface area contributed by atoms with Gasteiger partial charge in [0, 0.05) is 5.57 Å². The summed E-state index contributed by atoms with van der Waals surface area (Å²) in [6.07, 6.45) is -6.13. The van der Waals surface area contributed by atoms with Gasteiger partial charge in [0.05, 0.1) is 0 Å². The molecule has 8 heteroatoms. The number of hydrogen-bond acceptors (Lipinski definition) is 4. The first-order valence-electron chi connectivity index (χ1n) is 4.04. The zero-order chi connectivity index (χ0) is 13.0. The third kappa shape index (κ3) is 5.91. The standard InChI is InChI=1S/C9H11F3O4.U/c1-6(2)7(13)16-5-4-8(14,15-3)9(10,11)12;/h5,14H,1,3-4H2,2H3;/q-2;+2. The van der Waals surface area contributed by atoms with Crippen molar-refractivity contribution in [1.82, 2.24) is 0 Å². The Bertz CT molecular complexity index is 280. The van der Waals surface area contributed by atoms with Gasteiger partial charge < -0.3 is 14.6 Å². The Hall–Kier alpha value is -0.0281. The van der Waals surface area contributed by atoms with Crippen LogP contribution in [0.4, 0.5) is 13.2 Å². The maximum atomic E-state index is 12.2. The fraction of sp³-hybridized carbons (Fsp3) is 0.444. The first kappa shape index (κ1) is 19.3. The van der Waals surface area contributed by atoms with Crippen LogP contribution in [0.5, 0.6) is 0 Å². The Balaban J connectivity index is 0. The molecule has 1 unspecified atom stereocenters. The average Bonchev–Trinajstić information content (AvgIpc) is 2.15. The Morgan fingerprint density at radius 2 is 2.00 bits per heavy atom. The van der Waals surface area contributed by atoms with E-state index in [-0.39, 0.29) is 36.7 Å². The molecule has 0 fully saturated rings. The van der Waals surface area contributed by atoms with E-state index in [2.05, 4.69) is 23.2 Å². The maximum absolute atomic E-state index is 12.2. The molecule has 0 bridgehead atoms. The largest absolute Gasteiger partial charge is 2.00 e. The van der Waals surface area contributed by atoms with Crippen LogP contribution in [0.25, 0.3) is 0 Å². The van der Waals surface area contributed by atoms with Crippen LogP contribution < -0.4 is 0 Å². The Labute approximate surface area is 121 Å². The van der Waals surface area contributed by atoms with Gasteiger partial charge in [-0.1, -0.05) is 13.0 Å². The molecule has 0 aliphatic heterocycles. The second kappa shape index (κ2) is 7.42. The fourth-order valence-electron chi connectivity index (χ4n) is 0.587. The van der Waals surface area contributed by atoms with Crippen LogP contribution in [0.3, 0.4) is 0 Å². The van der Waals surface area contributed by atoms with E-state index in [1.165, 1.54) is 6.92 Å². The van der Waals surface area contributed by atoms with Crippen molar-refractivity contribution < 1.29 is 63.7 Å². The van der Waals surface area contributed by atoms with Gasteiger partial charge in [0.2, 0.25) is 5.79 Å². The van der Waals surface area contributed by atoms with Gasteiger partial charge in [-0.25, -0.2) is 11.9 Å². The molecule has 0 saturated carbocycles. The van der Waals surface area contributed by atoms with E-state index in [9.17, 15) is 18.0 Å². The predicted octanol–water partition coefficient (Wildman–Crippen LogP) is 1.72. The van der Waals surface area contributed by atoms with Crippen LogP contribution in [0.1, 0.15) is 13.3 Å². The molecule has 17 heavy (non-hydrogen) atoms. The van der Waals surface area contributed by atoms with Crippen LogP contribution >= 0.6 is 0 Å². The predicted molar refractivity (Wildman–Crippen MR) is 47.3 cm³/mol. The number of alkyl halides is 3.